The van der Waals surface area contributed by atoms with Crippen LogP contribution in [0.2, 0.25) is 0 Å². The number of rotatable bonds is 7. The first-order valence-electron chi connectivity index (χ1n) is 10.0. The summed E-state index contributed by atoms with van der Waals surface area (Å²) in [6, 6.07) is 6.36. The van der Waals surface area contributed by atoms with Gasteiger partial charge in [-0.15, -0.1) is 0 Å². The van der Waals surface area contributed by atoms with E-state index in [1.54, 1.807) is 0 Å². The zero-order valence-electron chi connectivity index (χ0n) is 17.2. The molecule has 2 aliphatic rings. The average Bonchev–Trinajstić information content (AvgIpc) is 2.63. The molecule has 0 unspecified atom stereocenters. The first kappa shape index (κ1) is 20.9. The van der Waals surface area contributed by atoms with Crippen LogP contribution >= 0.6 is 0 Å². The molecule has 0 bridgehead atoms. The number of aliphatic hydroxyl groups excluding tert-OH is 3. The minimum atomic E-state index is -1.18. The van der Waals surface area contributed by atoms with E-state index in [2.05, 4.69) is 32.1 Å². The highest BCUT2D eigenvalue weighted by atomic mass is 16.5. The van der Waals surface area contributed by atoms with Gasteiger partial charge in [0.2, 0.25) is 0 Å². The third-order valence-corrected chi connectivity index (χ3v) is 5.51. The van der Waals surface area contributed by atoms with Crippen molar-refractivity contribution in [3.63, 3.8) is 0 Å². The Bertz CT molecular complexity index is 775. The number of allylic oxidation sites excluding steroid dienone is 3. The van der Waals surface area contributed by atoms with Crippen LogP contribution < -0.4 is 4.74 Å². The smallest absolute Gasteiger partial charge is 0.119 e. The van der Waals surface area contributed by atoms with Gasteiger partial charge in [0.05, 0.1) is 18.5 Å². The van der Waals surface area contributed by atoms with E-state index in [4.69, 9.17) is 14.6 Å². The Hall–Kier alpha value is -1.82. The summed E-state index contributed by atoms with van der Waals surface area (Å²) in [6.45, 7) is 7.93. The van der Waals surface area contributed by atoms with Gasteiger partial charge in [0.25, 0.3) is 0 Å². The van der Waals surface area contributed by atoms with E-state index in [-0.39, 0.29) is 18.1 Å². The summed E-state index contributed by atoms with van der Waals surface area (Å²) in [5.74, 6) is 1.73. The first-order valence-corrected chi connectivity index (χ1v) is 10.0. The average molecular weight is 389 g/mol. The summed E-state index contributed by atoms with van der Waals surface area (Å²) in [5.41, 5.74) is 5.29. The fourth-order valence-electron chi connectivity index (χ4n) is 4.06. The lowest BCUT2D eigenvalue weighted by Gasteiger charge is -2.37. The number of ether oxygens (including phenoxy) is 2. The maximum absolute atomic E-state index is 9.84. The highest BCUT2D eigenvalue weighted by Crippen LogP contribution is 2.45. The van der Waals surface area contributed by atoms with Crippen LogP contribution in [0.4, 0.5) is 0 Å². The highest BCUT2D eigenvalue weighted by Gasteiger charge is 2.33. The van der Waals surface area contributed by atoms with E-state index < -0.39 is 18.8 Å². The largest absolute Gasteiger partial charge is 0.495 e. The SMILES string of the molecule is CC(C)Oc1ccc2c(c1)CC1=C(CC(OC[C@@H](O)[C@H](O)CO)=CC1(C)C)C2. The summed E-state index contributed by atoms with van der Waals surface area (Å²) >= 11 is 0. The Balaban J connectivity index is 1.74. The lowest BCUT2D eigenvalue weighted by Crippen LogP contribution is -2.33. The summed E-state index contributed by atoms with van der Waals surface area (Å²) in [6.07, 6.45) is 2.49. The zero-order chi connectivity index (χ0) is 20.5. The maximum Gasteiger partial charge on any atom is 0.119 e. The topological polar surface area (TPSA) is 79.2 Å². The second kappa shape index (κ2) is 8.27. The Morgan fingerprint density at radius 2 is 1.79 bits per heavy atom. The molecule has 3 rings (SSSR count). The standard InChI is InChI=1S/C23H32O5/c1-14(2)28-18-6-5-15-7-17-9-19(27-13-22(26)21(25)12-24)11-23(3,4)20(17)10-16(15)8-18/h5-6,8,11,14,21-22,24-26H,7,9-10,12-13H2,1-4H3/t21-,22-/m1/s1. The lowest BCUT2D eigenvalue weighted by molar-refractivity contribution is -0.0461. The van der Waals surface area contributed by atoms with Gasteiger partial charge in [-0.25, -0.2) is 0 Å². The van der Waals surface area contributed by atoms with Gasteiger partial charge in [-0.05, 0) is 56.0 Å². The van der Waals surface area contributed by atoms with Gasteiger partial charge in [-0.1, -0.05) is 31.1 Å². The minimum absolute atomic E-state index is 0.0290. The van der Waals surface area contributed by atoms with Gasteiger partial charge >= 0.3 is 0 Å². The van der Waals surface area contributed by atoms with Crippen LogP contribution in [0.15, 0.2) is 41.2 Å². The fraction of sp³-hybridized carbons (Fsp3) is 0.565. The zero-order valence-corrected chi connectivity index (χ0v) is 17.2. The van der Waals surface area contributed by atoms with E-state index in [9.17, 15) is 10.2 Å². The van der Waals surface area contributed by atoms with Crippen LogP contribution in [0.1, 0.15) is 45.2 Å². The van der Waals surface area contributed by atoms with E-state index in [1.165, 1.54) is 22.3 Å². The Morgan fingerprint density at radius 3 is 2.46 bits per heavy atom. The van der Waals surface area contributed by atoms with Crippen LogP contribution in [0.25, 0.3) is 0 Å². The molecule has 0 amide bonds. The van der Waals surface area contributed by atoms with Crippen molar-refractivity contribution in [1.82, 2.24) is 0 Å². The van der Waals surface area contributed by atoms with Gasteiger partial charge in [0.15, 0.2) is 0 Å². The van der Waals surface area contributed by atoms with Crippen LogP contribution in [0, 0.1) is 5.41 Å². The molecule has 2 atom stereocenters. The third kappa shape index (κ3) is 4.59. The molecule has 0 fully saturated rings. The van der Waals surface area contributed by atoms with Crippen molar-refractivity contribution in [2.24, 2.45) is 5.41 Å². The fourth-order valence-corrected chi connectivity index (χ4v) is 4.06. The van der Waals surface area contributed by atoms with Crippen LogP contribution in [0.5, 0.6) is 5.75 Å². The van der Waals surface area contributed by atoms with Gasteiger partial charge in [-0.2, -0.15) is 0 Å². The summed E-state index contributed by atoms with van der Waals surface area (Å²) in [5, 5.41) is 28.3. The van der Waals surface area contributed by atoms with E-state index in [0.717, 1.165) is 24.4 Å². The minimum Gasteiger partial charge on any atom is -0.495 e. The number of hydrogen-bond donors (Lipinski definition) is 3. The number of aliphatic hydroxyl groups is 3. The number of fused-ring (bicyclic) bond motifs is 1. The first-order chi connectivity index (χ1) is 13.2. The van der Waals surface area contributed by atoms with Gasteiger partial charge in [0, 0.05) is 11.8 Å². The van der Waals surface area contributed by atoms with Crippen molar-refractivity contribution in [2.45, 2.75) is 65.3 Å². The Morgan fingerprint density at radius 1 is 1.04 bits per heavy atom. The lowest BCUT2D eigenvalue weighted by atomic mass is 9.69. The third-order valence-electron chi connectivity index (χ3n) is 5.51. The highest BCUT2D eigenvalue weighted by molar-refractivity contribution is 5.49. The molecule has 1 aromatic rings. The summed E-state index contributed by atoms with van der Waals surface area (Å²) < 4.78 is 11.6. The molecular weight excluding hydrogens is 356 g/mol. The van der Waals surface area contributed by atoms with Gasteiger partial charge in [-0.3, -0.25) is 0 Å². The Labute approximate surface area is 167 Å². The van der Waals surface area contributed by atoms with E-state index in [0.29, 0.717) is 6.42 Å². The van der Waals surface area contributed by atoms with Crippen LogP contribution in [-0.2, 0) is 17.6 Å². The molecule has 5 nitrogen and oxygen atoms in total. The second-order valence-corrected chi connectivity index (χ2v) is 8.67. The van der Waals surface area contributed by atoms with Gasteiger partial charge in [0.1, 0.15) is 24.6 Å². The van der Waals surface area contributed by atoms with Crippen molar-refractivity contribution in [2.75, 3.05) is 13.2 Å². The molecule has 1 aromatic carbocycles. The number of benzene rings is 1. The predicted molar refractivity (Wildman–Crippen MR) is 108 cm³/mol. The monoisotopic (exact) mass is 388 g/mol. The molecule has 0 spiro atoms. The quantitative estimate of drug-likeness (QED) is 0.626. The molecule has 154 valence electrons. The van der Waals surface area contributed by atoms with Crippen LogP contribution in [0.3, 0.4) is 0 Å². The predicted octanol–water partition coefficient (Wildman–Crippen LogP) is 2.91. The second-order valence-electron chi connectivity index (χ2n) is 8.67. The molecule has 2 aliphatic carbocycles. The molecule has 3 N–H and O–H groups in total. The van der Waals surface area contributed by atoms with Crippen LogP contribution in [-0.4, -0.2) is 46.8 Å². The van der Waals surface area contributed by atoms with Crippen molar-refractivity contribution >= 4 is 0 Å². The molecule has 0 saturated carbocycles. The number of hydrogen-bond acceptors (Lipinski definition) is 5. The molecule has 28 heavy (non-hydrogen) atoms. The summed E-state index contributed by atoms with van der Waals surface area (Å²) in [7, 11) is 0. The molecule has 0 radical (unpaired) electrons. The molecule has 0 heterocycles. The van der Waals surface area contributed by atoms with Crippen molar-refractivity contribution in [3.8, 4) is 5.75 Å². The van der Waals surface area contributed by atoms with Crippen molar-refractivity contribution in [1.29, 1.82) is 0 Å². The van der Waals surface area contributed by atoms with E-state index in [1.807, 2.05) is 19.9 Å². The molecular formula is C23H32O5. The van der Waals surface area contributed by atoms with Crippen molar-refractivity contribution < 1.29 is 24.8 Å². The van der Waals surface area contributed by atoms with Crippen molar-refractivity contribution in [3.05, 3.63) is 52.3 Å². The normalized spacial score (nSPS) is 20.2. The molecule has 0 aromatic heterocycles. The van der Waals surface area contributed by atoms with Gasteiger partial charge < -0.3 is 24.8 Å². The molecule has 0 aliphatic heterocycles. The molecule has 0 saturated heterocycles. The Kier molecular flexibility index (Phi) is 6.18. The maximum atomic E-state index is 9.84. The molecule has 5 heteroatoms. The van der Waals surface area contributed by atoms with E-state index >= 15 is 0 Å². The summed E-state index contributed by atoms with van der Waals surface area (Å²) in [4.78, 5) is 0.